The summed E-state index contributed by atoms with van der Waals surface area (Å²) in [6.45, 7) is 2.77. The number of hydrogen-bond donors (Lipinski definition) is 3. The first-order chi connectivity index (χ1) is 13.0. The molecule has 0 unspecified atom stereocenters. The quantitative estimate of drug-likeness (QED) is 0.362. The lowest BCUT2D eigenvalue weighted by molar-refractivity contribution is -0.402. The van der Waals surface area contributed by atoms with Crippen LogP contribution in [0.3, 0.4) is 0 Å². The standard InChI is InChI=1S/C17H24N4O6S/c1-12(18-17(23)13(2)20-28(3,26)27)16(22)19-15(9-10-21(24)25)11-14-7-5-4-6-8-14/h4-10,12-13,15,20H,11H2,1-3H3,(H,18,23)(H,19,22)/b10-9+/t12-,13-,15+/m0/s1. The molecular weight excluding hydrogens is 388 g/mol. The van der Waals surface area contributed by atoms with Gasteiger partial charge in [-0.15, -0.1) is 0 Å². The molecule has 154 valence electrons. The van der Waals surface area contributed by atoms with E-state index in [1.807, 2.05) is 30.3 Å². The van der Waals surface area contributed by atoms with Gasteiger partial charge in [-0.25, -0.2) is 13.1 Å². The van der Waals surface area contributed by atoms with Crippen LogP contribution in [0.1, 0.15) is 19.4 Å². The van der Waals surface area contributed by atoms with Crippen molar-refractivity contribution < 1.29 is 22.9 Å². The maximum Gasteiger partial charge on any atom is 0.242 e. The highest BCUT2D eigenvalue weighted by molar-refractivity contribution is 7.88. The number of benzene rings is 1. The summed E-state index contributed by atoms with van der Waals surface area (Å²) in [5.41, 5.74) is 0.864. The normalized spacial score (nSPS) is 14.8. The van der Waals surface area contributed by atoms with Gasteiger partial charge in [0.15, 0.2) is 0 Å². The molecule has 0 aliphatic rings. The van der Waals surface area contributed by atoms with E-state index in [9.17, 15) is 28.1 Å². The Balaban J connectivity index is 2.74. The molecule has 2 amide bonds. The molecule has 0 aliphatic carbocycles. The summed E-state index contributed by atoms with van der Waals surface area (Å²) in [6, 6.07) is 6.40. The second kappa shape index (κ2) is 10.5. The zero-order chi connectivity index (χ0) is 21.3. The van der Waals surface area contributed by atoms with Crippen molar-refractivity contribution in [2.24, 2.45) is 0 Å². The molecule has 0 aliphatic heterocycles. The van der Waals surface area contributed by atoms with Crippen molar-refractivity contribution in [3.05, 3.63) is 58.3 Å². The van der Waals surface area contributed by atoms with Gasteiger partial charge in [-0.2, -0.15) is 0 Å². The molecule has 3 atom stereocenters. The maximum atomic E-state index is 12.4. The average molecular weight is 412 g/mol. The second-order valence-electron chi connectivity index (χ2n) is 6.27. The third kappa shape index (κ3) is 9.24. The van der Waals surface area contributed by atoms with Gasteiger partial charge in [0.05, 0.1) is 23.3 Å². The molecule has 0 spiro atoms. The molecule has 1 rings (SSSR count). The summed E-state index contributed by atoms with van der Waals surface area (Å²) < 4.78 is 24.5. The monoisotopic (exact) mass is 412 g/mol. The molecule has 1 aromatic carbocycles. The van der Waals surface area contributed by atoms with Crippen molar-refractivity contribution in [2.45, 2.75) is 38.4 Å². The lowest BCUT2D eigenvalue weighted by atomic mass is 10.1. The molecule has 3 N–H and O–H groups in total. The number of carbonyl (C=O) groups excluding carboxylic acids is 2. The summed E-state index contributed by atoms with van der Waals surface area (Å²) in [4.78, 5) is 34.3. The van der Waals surface area contributed by atoms with E-state index in [2.05, 4.69) is 15.4 Å². The van der Waals surface area contributed by atoms with Crippen molar-refractivity contribution in [1.29, 1.82) is 0 Å². The molecular formula is C17H24N4O6S. The van der Waals surface area contributed by atoms with Crippen LogP contribution in [0.5, 0.6) is 0 Å². The van der Waals surface area contributed by atoms with Crippen LogP contribution in [0.4, 0.5) is 0 Å². The van der Waals surface area contributed by atoms with Crippen molar-refractivity contribution in [1.82, 2.24) is 15.4 Å². The van der Waals surface area contributed by atoms with Gasteiger partial charge in [0.25, 0.3) is 0 Å². The van der Waals surface area contributed by atoms with E-state index in [0.717, 1.165) is 18.0 Å². The average Bonchev–Trinajstić information content (AvgIpc) is 2.58. The van der Waals surface area contributed by atoms with Crippen LogP contribution in [-0.2, 0) is 26.0 Å². The topological polar surface area (TPSA) is 148 Å². The van der Waals surface area contributed by atoms with E-state index in [0.29, 0.717) is 6.42 Å². The third-order valence-electron chi connectivity index (χ3n) is 3.60. The van der Waals surface area contributed by atoms with Gasteiger partial charge >= 0.3 is 0 Å². The van der Waals surface area contributed by atoms with Crippen molar-refractivity contribution in [2.75, 3.05) is 6.26 Å². The minimum Gasteiger partial charge on any atom is -0.348 e. The van der Waals surface area contributed by atoms with Gasteiger partial charge in [-0.3, -0.25) is 19.7 Å². The first kappa shape index (κ1) is 23.2. The lowest BCUT2D eigenvalue weighted by Gasteiger charge is -2.20. The predicted octanol–water partition coefficient (Wildman–Crippen LogP) is -0.0533. The molecule has 11 heteroatoms. The van der Waals surface area contributed by atoms with E-state index >= 15 is 0 Å². The van der Waals surface area contributed by atoms with Gasteiger partial charge in [0, 0.05) is 6.08 Å². The number of nitrogens with zero attached hydrogens (tertiary/aromatic N) is 1. The zero-order valence-electron chi connectivity index (χ0n) is 15.8. The van der Waals surface area contributed by atoms with Gasteiger partial charge < -0.3 is 10.6 Å². The first-order valence-electron chi connectivity index (χ1n) is 8.41. The summed E-state index contributed by atoms with van der Waals surface area (Å²) in [5, 5.41) is 15.6. The van der Waals surface area contributed by atoms with Crippen LogP contribution >= 0.6 is 0 Å². The molecule has 0 fully saturated rings. The van der Waals surface area contributed by atoms with E-state index in [1.54, 1.807) is 0 Å². The Kier molecular flexibility index (Phi) is 8.74. The minimum absolute atomic E-state index is 0.323. The Morgan fingerprint density at radius 2 is 1.68 bits per heavy atom. The van der Waals surface area contributed by atoms with Crippen molar-refractivity contribution >= 4 is 21.8 Å². The van der Waals surface area contributed by atoms with Crippen LogP contribution in [0, 0.1) is 10.1 Å². The van der Waals surface area contributed by atoms with Crippen molar-refractivity contribution in [3.63, 3.8) is 0 Å². The fraction of sp³-hybridized carbons (Fsp3) is 0.412. The number of amides is 2. The van der Waals surface area contributed by atoms with Gasteiger partial charge in [-0.05, 0) is 25.8 Å². The van der Waals surface area contributed by atoms with E-state index in [1.165, 1.54) is 19.9 Å². The lowest BCUT2D eigenvalue weighted by Crippen LogP contribution is -2.52. The van der Waals surface area contributed by atoms with Crippen LogP contribution in [0.25, 0.3) is 0 Å². The summed E-state index contributed by atoms with van der Waals surface area (Å²) in [6.07, 6.45) is 3.24. The third-order valence-corrected chi connectivity index (χ3v) is 4.38. The van der Waals surface area contributed by atoms with E-state index < -0.39 is 44.9 Å². The zero-order valence-corrected chi connectivity index (χ0v) is 16.6. The maximum absolute atomic E-state index is 12.4. The highest BCUT2D eigenvalue weighted by Gasteiger charge is 2.23. The smallest absolute Gasteiger partial charge is 0.242 e. The molecule has 0 radical (unpaired) electrons. The molecule has 28 heavy (non-hydrogen) atoms. The number of sulfonamides is 1. The molecule has 0 heterocycles. The van der Waals surface area contributed by atoms with Crippen LogP contribution in [0.2, 0.25) is 0 Å². The van der Waals surface area contributed by atoms with Gasteiger partial charge in [0.1, 0.15) is 6.04 Å². The predicted molar refractivity (Wildman–Crippen MR) is 103 cm³/mol. The van der Waals surface area contributed by atoms with Gasteiger partial charge in [-0.1, -0.05) is 30.3 Å². The molecule has 0 saturated heterocycles. The highest BCUT2D eigenvalue weighted by Crippen LogP contribution is 2.05. The summed E-state index contributed by atoms with van der Waals surface area (Å²) in [5.74, 6) is -1.23. The minimum atomic E-state index is -3.58. The Labute approximate surface area is 163 Å². The highest BCUT2D eigenvalue weighted by atomic mass is 32.2. The Bertz CT molecular complexity index is 825. The second-order valence-corrected chi connectivity index (χ2v) is 8.05. The van der Waals surface area contributed by atoms with Gasteiger partial charge in [0.2, 0.25) is 28.0 Å². The molecule has 10 nitrogen and oxygen atoms in total. The molecule has 0 bridgehead atoms. The molecule has 1 aromatic rings. The number of carbonyl (C=O) groups is 2. The Morgan fingerprint density at radius 3 is 2.21 bits per heavy atom. The summed E-state index contributed by atoms with van der Waals surface area (Å²) >= 11 is 0. The number of nitrogens with one attached hydrogen (secondary N) is 3. The first-order valence-corrected chi connectivity index (χ1v) is 10.3. The Morgan fingerprint density at radius 1 is 1.11 bits per heavy atom. The number of hydrogen-bond acceptors (Lipinski definition) is 6. The molecule has 0 aromatic heterocycles. The SMILES string of the molecule is C[C@H](NC(=O)[C@H](C)NS(C)(=O)=O)C(=O)N[C@H](/C=C/[N+](=O)[O-])Cc1ccccc1. The van der Waals surface area contributed by atoms with Crippen LogP contribution in [0.15, 0.2) is 42.6 Å². The fourth-order valence-corrected chi connectivity index (χ4v) is 3.04. The summed E-state index contributed by atoms with van der Waals surface area (Å²) in [7, 11) is -3.58. The largest absolute Gasteiger partial charge is 0.348 e. The van der Waals surface area contributed by atoms with Crippen LogP contribution in [-0.4, -0.2) is 49.5 Å². The Hall–Kier alpha value is -2.79. The number of nitro groups is 1. The van der Waals surface area contributed by atoms with E-state index in [4.69, 9.17) is 0 Å². The van der Waals surface area contributed by atoms with Crippen LogP contribution < -0.4 is 15.4 Å². The number of rotatable bonds is 10. The molecule has 0 saturated carbocycles. The van der Waals surface area contributed by atoms with Crippen molar-refractivity contribution in [3.8, 4) is 0 Å². The van der Waals surface area contributed by atoms with E-state index in [-0.39, 0.29) is 0 Å². The fourth-order valence-electron chi connectivity index (χ4n) is 2.30.